The predicted molar refractivity (Wildman–Crippen MR) is 105 cm³/mol. The second kappa shape index (κ2) is 7.58. The zero-order valence-electron chi connectivity index (χ0n) is 16.3. The Balaban J connectivity index is 1.57. The van der Waals surface area contributed by atoms with E-state index in [1.165, 1.54) is 5.69 Å². The van der Waals surface area contributed by atoms with E-state index in [9.17, 15) is 4.79 Å². The van der Waals surface area contributed by atoms with E-state index in [0.29, 0.717) is 6.54 Å². The average molecular weight is 355 g/mol. The van der Waals surface area contributed by atoms with E-state index in [0.717, 1.165) is 44.1 Å². The summed E-state index contributed by atoms with van der Waals surface area (Å²) in [6.07, 6.45) is 1.87. The summed E-state index contributed by atoms with van der Waals surface area (Å²) >= 11 is 0. The maximum atomic E-state index is 12.1. The second-order valence-corrected chi connectivity index (χ2v) is 8.01. The maximum absolute atomic E-state index is 12.1. The van der Waals surface area contributed by atoms with Crippen LogP contribution < -0.4 is 10.5 Å². The van der Waals surface area contributed by atoms with Gasteiger partial charge in [0.15, 0.2) is 0 Å². The highest BCUT2D eigenvalue weighted by molar-refractivity contribution is 5.46. The van der Waals surface area contributed by atoms with Gasteiger partial charge in [-0.05, 0) is 25.1 Å². The molecule has 0 radical (unpaired) electrons. The Bertz CT molecular complexity index is 800. The lowest BCUT2D eigenvalue weighted by atomic mass is 9.92. The Kier molecular flexibility index (Phi) is 5.41. The van der Waals surface area contributed by atoms with Gasteiger partial charge >= 0.3 is 0 Å². The molecule has 0 spiro atoms. The van der Waals surface area contributed by atoms with Gasteiger partial charge in [-0.2, -0.15) is 5.10 Å². The summed E-state index contributed by atoms with van der Waals surface area (Å²) < 4.78 is 1.61. The molecule has 1 aliphatic rings. The first-order chi connectivity index (χ1) is 12.3. The summed E-state index contributed by atoms with van der Waals surface area (Å²) in [5, 5.41) is 4.56. The molecule has 1 fully saturated rings. The van der Waals surface area contributed by atoms with Gasteiger partial charge in [-0.3, -0.25) is 14.7 Å². The second-order valence-electron chi connectivity index (χ2n) is 8.01. The Morgan fingerprint density at radius 2 is 1.77 bits per heavy atom. The highest BCUT2D eigenvalue weighted by Crippen LogP contribution is 2.18. The van der Waals surface area contributed by atoms with E-state index in [1.807, 2.05) is 19.2 Å². The van der Waals surface area contributed by atoms with E-state index in [-0.39, 0.29) is 11.0 Å². The highest BCUT2D eigenvalue weighted by atomic mass is 16.1. The summed E-state index contributed by atoms with van der Waals surface area (Å²) in [6, 6.07) is 7.69. The van der Waals surface area contributed by atoms with Crippen LogP contribution in [0.2, 0.25) is 0 Å². The van der Waals surface area contributed by atoms with Crippen molar-refractivity contribution in [1.29, 1.82) is 0 Å². The molecule has 3 heterocycles. The van der Waals surface area contributed by atoms with Crippen molar-refractivity contribution in [2.24, 2.45) is 0 Å². The number of aryl methyl sites for hydroxylation is 1. The quantitative estimate of drug-likeness (QED) is 0.840. The fraction of sp³-hybridized carbons (Fsp3) is 0.550. The summed E-state index contributed by atoms with van der Waals surface area (Å²) in [5.74, 6) is 0. The van der Waals surface area contributed by atoms with Crippen molar-refractivity contribution in [3.63, 3.8) is 0 Å². The molecule has 0 aromatic carbocycles. The molecule has 0 aliphatic carbocycles. The predicted octanol–water partition coefficient (Wildman–Crippen LogP) is 2.07. The minimum absolute atomic E-state index is 0.0242. The number of hydrogen-bond donors (Lipinski definition) is 0. The van der Waals surface area contributed by atoms with Gasteiger partial charge in [0.05, 0.1) is 12.2 Å². The number of nitrogens with zero attached hydrogens (tertiary/aromatic N) is 5. The maximum Gasteiger partial charge on any atom is 0.266 e. The van der Waals surface area contributed by atoms with Crippen LogP contribution in [0.4, 0.5) is 5.69 Å². The van der Waals surface area contributed by atoms with E-state index < -0.39 is 0 Å². The van der Waals surface area contributed by atoms with Gasteiger partial charge < -0.3 is 4.90 Å². The van der Waals surface area contributed by atoms with E-state index >= 15 is 0 Å². The van der Waals surface area contributed by atoms with Crippen molar-refractivity contribution < 1.29 is 0 Å². The zero-order valence-corrected chi connectivity index (χ0v) is 16.3. The third kappa shape index (κ3) is 4.49. The molecule has 3 rings (SSSR count). The van der Waals surface area contributed by atoms with Crippen LogP contribution in [0.25, 0.3) is 0 Å². The van der Waals surface area contributed by atoms with E-state index in [4.69, 9.17) is 0 Å². The molecule has 0 N–H and O–H groups in total. The van der Waals surface area contributed by atoms with Crippen molar-refractivity contribution in [3.8, 4) is 0 Å². The summed E-state index contributed by atoms with van der Waals surface area (Å²) in [6.45, 7) is 13.8. The van der Waals surface area contributed by atoms with Crippen LogP contribution in [0.5, 0.6) is 0 Å². The number of rotatable bonds is 4. The van der Waals surface area contributed by atoms with Crippen LogP contribution in [0, 0.1) is 6.92 Å². The smallest absolute Gasteiger partial charge is 0.266 e. The van der Waals surface area contributed by atoms with Crippen molar-refractivity contribution in [2.75, 3.05) is 37.6 Å². The lowest BCUT2D eigenvalue weighted by Gasteiger charge is -2.36. The van der Waals surface area contributed by atoms with Crippen LogP contribution in [0.15, 0.2) is 35.3 Å². The van der Waals surface area contributed by atoms with Crippen LogP contribution in [0.1, 0.15) is 32.2 Å². The SMILES string of the molecule is Cc1cc(N2CCN(CCn3nc(C(C)(C)C)ccc3=O)CC2)ccn1. The molecule has 140 valence electrons. The Labute approximate surface area is 155 Å². The van der Waals surface area contributed by atoms with Crippen LogP contribution in [0.3, 0.4) is 0 Å². The first-order valence-corrected chi connectivity index (χ1v) is 9.31. The summed E-state index contributed by atoms with van der Waals surface area (Å²) in [5.41, 5.74) is 3.17. The number of anilines is 1. The van der Waals surface area contributed by atoms with Gasteiger partial charge in [0.25, 0.3) is 5.56 Å². The minimum atomic E-state index is -0.0518. The summed E-state index contributed by atoms with van der Waals surface area (Å²) in [4.78, 5) is 21.2. The highest BCUT2D eigenvalue weighted by Gasteiger charge is 2.19. The monoisotopic (exact) mass is 355 g/mol. The lowest BCUT2D eigenvalue weighted by Crippen LogP contribution is -2.47. The molecule has 1 saturated heterocycles. The van der Waals surface area contributed by atoms with Gasteiger partial charge in [-0.15, -0.1) is 0 Å². The fourth-order valence-electron chi connectivity index (χ4n) is 3.20. The Morgan fingerprint density at radius 1 is 1.04 bits per heavy atom. The molecule has 0 saturated carbocycles. The van der Waals surface area contributed by atoms with E-state index in [1.54, 1.807) is 10.7 Å². The molecule has 6 nitrogen and oxygen atoms in total. The molecule has 1 aliphatic heterocycles. The Morgan fingerprint density at radius 3 is 2.42 bits per heavy atom. The van der Waals surface area contributed by atoms with Crippen LogP contribution in [-0.4, -0.2) is 52.4 Å². The molecular formula is C20H29N5O. The molecule has 0 amide bonds. The number of hydrogen-bond acceptors (Lipinski definition) is 5. The van der Waals surface area contributed by atoms with E-state index in [2.05, 4.69) is 52.8 Å². The van der Waals surface area contributed by atoms with Crippen molar-refractivity contribution in [1.82, 2.24) is 19.7 Å². The van der Waals surface area contributed by atoms with Crippen molar-refractivity contribution in [2.45, 2.75) is 39.7 Å². The van der Waals surface area contributed by atoms with Gasteiger partial charge in [0.1, 0.15) is 0 Å². The van der Waals surface area contributed by atoms with Crippen LogP contribution in [-0.2, 0) is 12.0 Å². The molecule has 0 atom stereocenters. The molecule has 0 bridgehead atoms. The fourth-order valence-corrected chi connectivity index (χ4v) is 3.20. The molecule has 26 heavy (non-hydrogen) atoms. The largest absolute Gasteiger partial charge is 0.369 e. The van der Waals surface area contributed by atoms with Gasteiger partial charge in [0.2, 0.25) is 0 Å². The van der Waals surface area contributed by atoms with Gasteiger partial charge in [0, 0.05) is 61.8 Å². The van der Waals surface area contributed by atoms with Crippen LogP contribution >= 0.6 is 0 Å². The third-order valence-corrected chi connectivity index (χ3v) is 4.88. The summed E-state index contributed by atoms with van der Waals surface area (Å²) in [7, 11) is 0. The number of aromatic nitrogens is 3. The van der Waals surface area contributed by atoms with Gasteiger partial charge in [-0.1, -0.05) is 20.8 Å². The topological polar surface area (TPSA) is 54.3 Å². The molecular weight excluding hydrogens is 326 g/mol. The molecule has 2 aromatic rings. The first kappa shape index (κ1) is 18.6. The first-order valence-electron chi connectivity index (χ1n) is 9.31. The zero-order chi connectivity index (χ0) is 18.7. The minimum Gasteiger partial charge on any atom is -0.369 e. The standard InChI is InChI=1S/C20H29N5O/c1-16-15-17(7-8-21-16)24-12-9-23(10-13-24)11-14-25-19(26)6-5-18(22-25)20(2,3)4/h5-8,15H,9-14H2,1-4H3. The number of pyridine rings is 1. The van der Waals surface area contributed by atoms with Crippen molar-refractivity contribution >= 4 is 5.69 Å². The molecule has 6 heteroatoms. The third-order valence-electron chi connectivity index (χ3n) is 4.88. The average Bonchev–Trinajstić information content (AvgIpc) is 2.60. The normalized spacial score (nSPS) is 16.1. The Hall–Kier alpha value is -2.21. The van der Waals surface area contributed by atoms with Crippen molar-refractivity contribution in [3.05, 3.63) is 52.2 Å². The molecule has 0 unspecified atom stereocenters. The van der Waals surface area contributed by atoms with Gasteiger partial charge in [-0.25, -0.2) is 4.68 Å². The lowest BCUT2D eigenvalue weighted by molar-refractivity contribution is 0.242. The number of piperazine rings is 1. The molecule has 2 aromatic heterocycles.